The van der Waals surface area contributed by atoms with E-state index >= 15 is 0 Å². The van der Waals surface area contributed by atoms with Gasteiger partial charge < -0.3 is 4.57 Å². The van der Waals surface area contributed by atoms with Crippen molar-refractivity contribution in [3.8, 4) is 0 Å². The molecule has 1 fully saturated rings. The Morgan fingerprint density at radius 3 is 3.00 bits per heavy atom. The Hall–Kier alpha value is -0.640. The number of aromatic amines is 1. The Labute approximate surface area is 83.2 Å². The molecule has 0 aliphatic heterocycles. The van der Waals surface area contributed by atoms with Gasteiger partial charge in [-0.2, -0.15) is 5.10 Å². The van der Waals surface area contributed by atoms with Gasteiger partial charge in [-0.25, -0.2) is 0 Å². The van der Waals surface area contributed by atoms with Crippen molar-refractivity contribution < 1.29 is 0 Å². The van der Waals surface area contributed by atoms with Crippen molar-refractivity contribution >= 4 is 12.2 Å². The molecule has 0 amide bonds. The number of hydrogen-bond acceptors (Lipinski definition) is 2. The van der Waals surface area contributed by atoms with Crippen LogP contribution in [0.4, 0.5) is 0 Å². The minimum absolute atomic E-state index is 0.651. The number of rotatable bonds is 4. The smallest absolute Gasteiger partial charge is 0.195 e. The number of nitrogens with zero attached hydrogens (tertiary/aromatic N) is 2. The largest absolute Gasteiger partial charge is 0.301 e. The number of hydrogen-bond donors (Lipinski definition) is 1. The maximum Gasteiger partial charge on any atom is 0.195 e. The SMILES string of the molecule is CCCCc1n[nH]c(=S)n1C1CC1. The van der Waals surface area contributed by atoms with Gasteiger partial charge in [0.25, 0.3) is 0 Å². The Bertz CT molecular complexity index is 335. The number of unbranched alkanes of at least 4 members (excludes halogenated alkanes) is 1. The van der Waals surface area contributed by atoms with E-state index in [2.05, 4.69) is 21.7 Å². The molecule has 0 radical (unpaired) electrons. The third kappa shape index (κ3) is 1.82. The summed E-state index contributed by atoms with van der Waals surface area (Å²) < 4.78 is 3.00. The highest BCUT2D eigenvalue weighted by Crippen LogP contribution is 2.35. The number of aromatic nitrogens is 3. The van der Waals surface area contributed by atoms with Gasteiger partial charge in [-0.3, -0.25) is 5.10 Å². The van der Waals surface area contributed by atoms with E-state index in [0.717, 1.165) is 17.0 Å². The van der Waals surface area contributed by atoms with Gasteiger partial charge >= 0.3 is 0 Å². The second-order valence-electron chi connectivity index (χ2n) is 3.65. The van der Waals surface area contributed by atoms with Crippen LogP contribution in [-0.4, -0.2) is 14.8 Å². The molecule has 2 rings (SSSR count). The maximum atomic E-state index is 5.18. The standard InChI is InChI=1S/C9H15N3S/c1-2-3-4-8-10-11-9(13)12(8)7-5-6-7/h7H,2-6H2,1H3,(H,11,13). The van der Waals surface area contributed by atoms with Crippen LogP contribution in [0.3, 0.4) is 0 Å². The zero-order chi connectivity index (χ0) is 9.26. The predicted molar refractivity (Wildman–Crippen MR) is 54.3 cm³/mol. The zero-order valence-electron chi connectivity index (χ0n) is 7.92. The lowest BCUT2D eigenvalue weighted by Crippen LogP contribution is -2.01. The van der Waals surface area contributed by atoms with Crippen LogP contribution in [0.2, 0.25) is 0 Å². The van der Waals surface area contributed by atoms with Gasteiger partial charge in [0.2, 0.25) is 0 Å². The summed E-state index contributed by atoms with van der Waals surface area (Å²) in [6.45, 7) is 2.20. The van der Waals surface area contributed by atoms with Crippen LogP contribution in [-0.2, 0) is 6.42 Å². The van der Waals surface area contributed by atoms with Crippen molar-refractivity contribution in [2.45, 2.75) is 45.1 Å². The fourth-order valence-corrected chi connectivity index (χ4v) is 1.86. The summed E-state index contributed by atoms with van der Waals surface area (Å²) >= 11 is 5.18. The third-order valence-corrected chi connectivity index (χ3v) is 2.73. The molecule has 1 N–H and O–H groups in total. The molecule has 1 aromatic heterocycles. The summed E-state index contributed by atoms with van der Waals surface area (Å²) in [5.41, 5.74) is 0. The molecular formula is C9H15N3S. The second-order valence-corrected chi connectivity index (χ2v) is 4.04. The van der Waals surface area contributed by atoms with Crippen molar-refractivity contribution in [1.29, 1.82) is 0 Å². The predicted octanol–water partition coefficient (Wildman–Crippen LogP) is 2.62. The Balaban J connectivity index is 2.18. The highest BCUT2D eigenvalue weighted by atomic mass is 32.1. The fourth-order valence-electron chi connectivity index (χ4n) is 1.56. The molecule has 0 unspecified atom stereocenters. The molecule has 1 aliphatic rings. The van der Waals surface area contributed by atoms with Gasteiger partial charge in [-0.15, -0.1) is 0 Å². The van der Waals surface area contributed by atoms with E-state index in [0.29, 0.717) is 6.04 Å². The first-order valence-electron chi connectivity index (χ1n) is 4.98. The molecule has 0 bridgehead atoms. The minimum atomic E-state index is 0.651. The van der Waals surface area contributed by atoms with Crippen LogP contribution in [0.1, 0.15) is 44.5 Å². The monoisotopic (exact) mass is 197 g/mol. The lowest BCUT2D eigenvalue weighted by molar-refractivity contribution is 0.645. The Kier molecular flexibility index (Phi) is 2.49. The van der Waals surface area contributed by atoms with Crippen molar-refractivity contribution in [3.05, 3.63) is 10.6 Å². The molecule has 1 saturated carbocycles. The molecule has 0 aromatic carbocycles. The third-order valence-electron chi connectivity index (χ3n) is 2.44. The first kappa shape index (κ1) is 8.94. The van der Waals surface area contributed by atoms with E-state index in [1.54, 1.807) is 0 Å². The average molecular weight is 197 g/mol. The number of H-pyrrole nitrogens is 1. The summed E-state index contributed by atoms with van der Waals surface area (Å²) in [6.07, 6.45) is 6.01. The number of nitrogens with one attached hydrogen (secondary N) is 1. The van der Waals surface area contributed by atoms with Crippen LogP contribution in [0.25, 0.3) is 0 Å². The van der Waals surface area contributed by atoms with Gasteiger partial charge in [0, 0.05) is 12.5 Å². The van der Waals surface area contributed by atoms with Gasteiger partial charge in [0.1, 0.15) is 5.82 Å². The van der Waals surface area contributed by atoms with Crippen molar-refractivity contribution in [2.75, 3.05) is 0 Å². The topological polar surface area (TPSA) is 33.6 Å². The molecule has 1 heterocycles. The maximum absolute atomic E-state index is 5.18. The van der Waals surface area contributed by atoms with E-state index in [1.165, 1.54) is 25.7 Å². The lowest BCUT2D eigenvalue weighted by atomic mass is 10.2. The van der Waals surface area contributed by atoms with Crippen molar-refractivity contribution in [1.82, 2.24) is 14.8 Å². The Morgan fingerprint density at radius 2 is 2.38 bits per heavy atom. The molecule has 0 saturated heterocycles. The average Bonchev–Trinajstić information content (AvgIpc) is 2.88. The molecule has 3 nitrogen and oxygen atoms in total. The van der Waals surface area contributed by atoms with E-state index < -0.39 is 0 Å². The van der Waals surface area contributed by atoms with Crippen molar-refractivity contribution in [3.63, 3.8) is 0 Å². The van der Waals surface area contributed by atoms with Crippen LogP contribution < -0.4 is 0 Å². The fraction of sp³-hybridized carbons (Fsp3) is 0.778. The first-order valence-corrected chi connectivity index (χ1v) is 5.39. The summed E-state index contributed by atoms with van der Waals surface area (Å²) in [6, 6.07) is 0.651. The van der Waals surface area contributed by atoms with Gasteiger partial charge in [-0.1, -0.05) is 13.3 Å². The first-order chi connectivity index (χ1) is 6.33. The lowest BCUT2D eigenvalue weighted by Gasteiger charge is -2.02. The van der Waals surface area contributed by atoms with Crippen LogP contribution in [0.5, 0.6) is 0 Å². The molecule has 0 spiro atoms. The molecule has 72 valence electrons. The molecule has 13 heavy (non-hydrogen) atoms. The number of aryl methyl sites for hydroxylation is 1. The molecule has 4 heteroatoms. The van der Waals surface area contributed by atoms with Crippen LogP contribution in [0.15, 0.2) is 0 Å². The van der Waals surface area contributed by atoms with Gasteiger partial charge in [0.05, 0.1) is 0 Å². The summed E-state index contributed by atoms with van der Waals surface area (Å²) in [4.78, 5) is 0. The van der Waals surface area contributed by atoms with E-state index in [-0.39, 0.29) is 0 Å². The van der Waals surface area contributed by atoms with E-state index in [4.69, 9.17) is 12.2 Å². The molecule has 1 aromatic rings. The van der Waals surface area contributed by atoms with E-state index in [9.17, 15) is 0 Å². The van der Waals surface area contributed by atoms with Crippen LogP contribution in [0, 0.1) is 4.77 Å². The summed E-state index contributed by atoms with van der Waals surface area (Å²) in [5, 5.41) is 7.14. The minimum Gasteiger partial charge on any atom is -0.301 e. The molecule has 0 atom stereocenters. The van der Waals surface area contributed by atoms with E-state index in [1.807, 2.05) is 0 Å². The van der Waals surface area contributed by atoms with Gasteiger partial charge in [0.15, 0.2) is 4.77 Å². The quantitative estimate of drug-likeness (QED) is 0.753. The van der Waals surface area contributed by atoms with Crippen molar-refractivity contribution in [2.24, 2.45) is 0 Å². The molecule has 1 aliphatic carbocycles. The molecular weight excluding hydrogens is 182 g/mol. The highest BCUT2D eigenvalue weighted by Gasteiger charge is 2.26. The zero-order valence-corrected chi connectivity index (χ0v) is 8.73. The summed E-state index contributed by atoms with van der Waals surface area (Å²) in [5.74, 6) is 1.15. The van der Waals surface area contributed by atoms with Gasteiger partial charge in [-0.05, 0) is 31.5 Å². The normalized spacial score (nSPS) is 16.4. The summed E-state index contributed by atoms with van der Waals surface area (Å²) in [7, 11) is 0. The van der Waals surface area contributed by atoms with Crippen LogP contribution >= 0.6 is 12.2 Å². The second kappa shape index (κ2) is 3.62. The Morgan fingerprint density at radius 1 is 1.62 bits per heavy atom. The highest BCUT2D eigenvalue weighted by molar-refractivity contribution is 7.71.